The molecule has 0 amide bonds. The van der Waals surface area contributed by atoms with Crippen molar-refractivity contribution in [1.82, 2.24) is 0 Å². The Balaban J connectivity index is 1.73. The van der Waals surface area contributed by atoms with Crippen LogP contribution in [0.5, 0.6) is 0 Å². The van der Waals surface area contributed by atoms with E-state index in [1.54, 1.807) is 11.3 Å². The topological polar surface area (TPSA) is 29.5 Å². The Hall–Kier alpha value is 0.100. The molecule has 0 aromatic carbocycles. The number of rotatable bonds is 2. The van der Waals surface area contributed by atoms with Crippen LogP contribution < -0.4 is 0 Å². The zero-order valence-corrected chi connectivity index (χ0v) is 13.0. The Labute approximate surface area is 120 Å². The Morgan fingerprint density at radius 1 is 1.56 bits per heavy atom. The number of aliphatic hydroxyl groups is 1. The summed E-state index contributed by atoms with van der Waals surface area (Å²) in [5.74, 6) is 0.365. The molecule has 2 nitrogen and oxygen atoms in total. The van der Waals surface area contributed by atoms with Crippen LogP contribution in [0.15, 0.2) is 9.85 Å². The molecule has 0 radical (unpaired) electrons. The Morgan fingerprint density at radius 2 is 2.33 bits per heavy atom. The molecule has 3 rings (SSSR count). The third kappa shape index (κ3) is 2.28. The molecule has 2 aliphatic rings. The van der Waals surface area contributed by atoms with E-state index in [1.165, 1.54) is 24.8 Å². The molecule has 1 aliphatic carbocycles. The van der Waals surface area contributed by atoms with Crippen molar-refractivity contribution in [2.24, 2.45) is 5.92 Å². The maximum absolute atomic E-state index is 10.6. The average molecular weight is 331 g/mol. The molecule has 1 saturated carbocycles. The Morgan fingerprint density at radius 3 is 2.89 bits per heavy atom. The van der Waals surface area contributed by atoms with Crippen LogP contribution in [0.1, 0.15) is 48.6 Å². The molecule has 18 heavy (non-hydrogen) atoms. The molecule has 4 heteroatoms. The lowest BCUT2D eigenvalue weighted by Crippen LogP contribution is -2.46. The number of aryl methyl sites for hydroxylation is 1. The maximum Gasteiger partial charge on any atom is 0.0912 e. The average Bonchev–Trinajstić information content (AvgIpc) is 2.67. The van der Waals surface area contributed by atoms with Gasteiger partial charge in [0.25, 0.3) is 0 Å². The zero-order valence-electron chi connectivity index (χ0n) is 10.6. The highest BCUT2D eigenvalue weighted by atomic mass is 79.9. The number of halogens is 1. The molecule has 1 aromatic rings. The van der Waals surface area contributed by atoms with E-state index in [9.17, 15) is 5.11 Å². The van der Waals surface area contributed by atoms with Crippen LogP contribution in [0.3, 0.4) is 0 Å². The summed E-state index contributed by atoms with van der Waals surface area (Å²) in [7, 11) is 0. The van der Waals surface area contributed by atoms with Crippen LogP contribution in [0, 0.1) is 12.8 Å². The van der Waals surface area contributed by atoms with Crippen LogP contribution >= 0.6 is 27.3 Å². The smallest absolute Gasteiger partial charge is 0.0912 e. The van der Waals surface area contributed by atoms with Gasteiger partial charge in [0.05, 0.1) is 15.5 Å². The fraction of sp³-hybridized carbons (Fsp3) is 0.714. The van der Waals surface area contributed by atoms with Gasteiger partial charge in [-0.2, -0.15) is 0 Å². The van der Waals surface area contributed by atoms with Gasteiger partial charge in [-0.3, -0.25) is 0 Å². The molecule has 0 bridgehead atoms. The van der Waals surface area contributed by atoms with Crippen molar-refractivity contribution in [2.75, 3.05) is 6.61 Å². The molecule has 2 unspecified atom stereocenters. The van der Waals surface area contributed by atoms with Gasteiger partial charge in [-0.1, -0.05) is 0 Å². The lowest BCUT2D eigenvalue weighted by molar-refractivity contribution is -0.157. The number of hydrogen-bond donors (Lipinski definition) is 1. The monoisotopic (exact) mass is 330 g/mol. The van der Waals surface area contributed by atoms with Crippen molar-refractivity contribution in [3.63, 3.8) is 0 Å². The van der Waals surface area contributed by atoms with Gasteiger partial charge in [0, 0.05) is 11.5 Å². The molecule has 1 spiro atoms. The normalized spacial score (nSPS) is 28.1. The van der Waals surface area contributed by atoms with E-state index in [4.69, 9.17) is 4.74 Å². The van der Waals surface area contributed by atoms with Gasteiger partial charge in [-0.25, -0.2) is 0 Å². The van der Waals surface area contributed by atoms with Crippen molar-refractivity contribution >= 4 is 27.3 Å². The van der Waals surface area contributed by atoms with Crippen molar-refractivity contribution in [1.29, 1.82) is 0 Å². The summed E-state index contributed by atoms with van der Waals surface area (Å²) in [4.78, 5) is 1.10. The first-order valence-corrected chi connectivity index (χ1v) is 8.28. The quantitative estimate of drug-likeness (QED) is 0.880. The van der Waals surface area contributed by atoms with Crippen LogP contribution in [0.2, 0.25) is 0 Å². The largest absolute Gasteiger partial charge is 0.387 e. The predicted molar refractivity (Wildman–Crippen MR) is 77.0 cm³/mol. The molecule has 1 N–H and O–H groups in total. The SMILES string of the molecule is Cc1cc(C(O)C2CCOC3(CCC3)C2)sc1Br. The van der Waals surface area contributed by atoms with Gasteiger partial charge in [-0.15, -0.1) is 11.3 Å². The van der Waals surface area contributed by atoms with Gasteiger partial charge < -0.3 is 9.84 Å². The van der Waals surface area contributed by atoms with Crippen LogP contribution in [-0.2, 0) is 4.74 Å². The molecule has 100 valence electrons. The van der Waals surface area contributed by atoms with Crippen molar-refractivity contribution < 1.29 is 9.84 Å². The van der Waals surface area contributed by atoms with E-state index >= 15 is 0 Å². The predicted octanol–water partition coefficient (Wildman–Crippen LogP) is 4.20. The highest BCUT2D eigenvalue weighted by Gasteiger charge is 2.44. The first-order chi connectivity index (χ1) is 8.60. The van der Waals surface area contributed by atoms with Crippen molar-refractivity contribution in [2.45, 2.75) is 50.7 Å². The number of hydrogen-bond acceptors (Lipinski definition) is 3. The van der Waals surface area contributed by atoms with Crippen molar-refractivity contribution in [3.05, 3.63) is 20.3 Å². The summed E-state index contributed by atoms with van der Waals surface area (Å²) < 4.78 is 7.07. The molecular formula is C14H19BrO2S. The van der Waals surface area contributed by atoms with Gasteiger partial charge in [0.1, 0.15) is 0 Å². The van der Waals surface area contributed by atoms with Crippen LogP contribution in [0.4, 0.5) is 0 Å². The minimum Gasteiger partial charge on any atom is -0.387 e. The third-order valence-electron chi connectivity index (χ3n) is 4.41. The van der Waals surface area contributed by atoms with E-state index in [1.807, 2.05) is 0 Å². The van der Waals surface area contributed by atoms with Gasteiger partial charge >= 0.3 is 0 Å². The van der Waals surface area contributed by atoms with E-state index in [2.05, 4.69) is 28.9 Å². The minimum absolute atomic E-state index is 0.118. The van der Waals surface area contributed by atoms with E-state index < -0.39 is 0 Å². The summed E-state index contributed by atoms with van der Waals surface area (Å²) in [5, 5.41) is 10.6. The molecule has 1 aromatic heterocycles. The first kappa shape index (κ1) is 13.1. The molecule has 2 heterocycles. The lowest BCUT2D eigenvalue weighted by atomic mass is 9.70. The second-order valence-corrected chi connectivity index (χ2v) is 8.09. The second kappa shape index (κ2) is 4.89. The van der Waals surface area contributed by atoms with Crippen LogP contribution in [-0.4, -0.2) is 17.3 Å². The minimum atomic E-state index is -0.318. The van der Waals surface area contributed by atoms with Gasteiger partial charge in [0.15, 0.2) is 0 Å². The molecule has 1 saturated heterocycles. The number of thiophene rings is 1. The highest BCUT2D eigenvalue weighted by molar-refractivity contribution is 9.11. The van der Waals surface area contributed by atoms with Crippen molar-refractivity contribution in [3.8, 4) is 0 Å². The van der Waals surface area contributed by atoms with E-state index in [0.717, 1.165) is 28.1 Å². The summed E-state index contributed by atoms with van der Waals surface area (Å²) in [6.07, 6.45) is 5.35. The number of ether oxygens (including phenoxy) is 1. The van der Waals surface area contributed by atoms with E-state index in [-0.39, 0.29) is 11.7 Å². The standard InChI is InChI=1S/C14H19BrO2S/c1-9-7-11(18-13(9)15)12(16)10-3-6-17-14(8-10)4-2-5-14/h7,10,12,16H,2-6,8H2,1H3. The Kier molecular flexibility index (Phi) is 3.56. The third-order valence-corrected chi connectivity index (χ3v) is 6.62. The molecule has 1 aliphatic heterocycles. The Bertz CT molecular complexity index is 420. The van der Waals surface area contributed by atoms with Gasteiger partial charge in [0.2, 0.25) is 0 Å². The lowest BCUT2D eigenvalue weighted by Gasteiger charge is -2.48. The summed E-state index contributed by atoms with van der Waals surface area (Å²) in [6, 6.07) is 2.11. The second-order valence-electron chi connectivity index (χ2n) is 5.69. The summed E-state index contributed by atoms with van der Waals surface area (Å²) in [5.41, 5.74) is 1.34. The van der Waals surface area contributed by atoms with Crippen LogP contribution in [0.25, 0.3) is 0 Å². The summed E-state index contributed by atoms with van der Waals surface area (Å²) >= 11 is 5.21. The molecular weight excluding hydrogens is 312 g/mol. The molecule has 2 atom stereocenters. The fourth-order valence-electron chi connectivity index (χ4n) is 3.12. The molecule has 2 fully saturated rings. The summed E-state index contributed by atoms with van der Waals surface area (Å²) in [6.45, 7) is 2.89. The maximum atomic E-state index is 10.6. The fourth-order valence-corrected chi connectivity index (χ4v) is 4.77. The van der Waals surface area contributed by atoms with E-state index in [0.29, 0.717) is 5.92 Å². The van der Waals surface area contributed by atoms with Gasteiger partial charge in [-0.05, 0) is 72.5 Å². The highest BCUT2D eigenvalue weighted by Crippen LogP contribution is 2.48. The number of aliphatic hydroxyl groups excluding tert-OH is 1. The zero-order chi connectivity index (χ0) is 12.8. The first-order valence-electron chi connectivity index (χ1n) is 6.67.